The number of aromatic amines is 1. The Hall–Kier alpha value is -2.14. The van der Waals surface area contributed by atoms with Crippen molar-refractivity contribution in [1.29, 1.82) is 0 Å². The van der Waals surface area contributed by atoms with Gasteiger partial charge in [-0.15, -0.1) is 11.3 Å². The third-order valence-electron chi connectivity index (χ3n) is 5.90. The van der Waals surface area contributed by atoms with Crippen LogP contribution in [0.5, 0.6) is 0 Å². The third kappa shape index (κ3) is 6.06. The van der Waals surface area contributed by atoms with Gasteiger partial charge in [0, 0.05) is 51.8 Å². The highest BCUT2D eigenvalue weighted by Crippen LogP contribution is 2.32. The summed E-state index contributed by atoms with van der Waals surface area (Å²) < 4.78 is 10.2. The molecule has 9 heteroatoms. The normalized spacial score (nSPS) is 15.3. The van der Waals surface area contributed by atoms with E-state index in [1.165, 1.54) is 10.4 Å². The molecule has 2 aromatic heterocycles. The smallest absolute Gasteiger partial charge is 0.259 e. The summed E-state index contributed by atoms with van der Waals surface area (Å²) in [5.74, 6) is 0.605. The molecule has 2 N–H and O–H groups in total. The van der Waals surface area contributed by atoms with Gasteiger partial charge in [-0.05, 0) is 17.5 Å². The van der Waals surface area contributed by atoms with Crippen LogP contribution in [0.3, 0.4) is 0 Å². The van der Waals surface area contributed by atoms with Crippen LogP contribution in [0, 0.1) is 0 Å². The summed E-state index contributed by atoms with van der Waals surface area (Å²) in [4.78, 5) is 27.3. The van der Waals surface area contributed by atoms with E-state index in [0.717, 1.165) is 41.8 Å². The number of nitrogens with zero attached hydrogens (tertiary/aromatic N) is 3. The van der Waals surface area contributed by atoms with Crippen molar-refractivity contribution in [2.45, 2.75) is 32.2 Å². The summed E-state index contributed by atoms with van der Waals surface area (Å²) in [6, 6.07) is 10.5. The lowest BCUT2D eigenvalue weighted by molar-refractivity contribution is 0.0287. The first kappa shape index (κ1) is 24.0. The third-order valence-corrected chi connectivity index (χ3v) is 7.01. The lowest BCUT2D eigenvalue weighted by Crippen LogP contribution is -2.37. The van der Waals surface area contributed by atoms with Crippen molar-refractivity contribution in [2.24, 2.45) is 0 Å². The molecule has 0 spiro atoms. The summed E-state index contributed by atoms with van der Waals surface area (Å²) >= 11 is 1.62. The summed E-state index contributed by atoms with van der Waals surface area (Å²) in [5, 5.41) is 10.9. The molecule has 0 unspecified atom stereocenters. The quantitative estimate of drug-likeness (QED) is 0.441. The van der Waals surface area contributed by atoms with Gasteiger partial charge < -0.3 is 19.6 Å². The Morgan fingerprint density at radius 3 is 2.85 bits per heavy atom. The number of fused-ring (bicyclic) bond motifs is 3. The van der Waals surface area contributed by atoms with Crippen molar-refractivity contribution < 1.29 is 14.6 Å². The van der Waals surface area contributed by atoms with E-state index in [4.69, 9.17) is 14.5 Å². The van der Waals surface area contributed by atoms with Crippen LogP contribution in [0.4, 0.5) is 0 Å². The molecular weight excluding hydrogens is 440 g/mol. The van der Waals surface area contributed by atoms with Crippen LogP contribution >= 0.6 is 11.3 Å². The van der Waals surface area contributed by atoms with Gasteiger partial charge in [-0.25, -0.2) is 4.98 Å². The average molecular weight is 473 g/mol. The van der Waals surface area contributed by atoms with Crippen LogP contribution < -0.4 is 5.56 Å². The van der Waals surface area contributed by atoms with Crippen LogP contribution in [0.1, 0.15) is 21.8 Å². The number of aliphatic hydroxyl groups excluding tert-OH is 1. The van der Waals surface area contributed by atoms with E-state index in [9.17, 15) is 9.90 Å². The fourth-order valence-corrected chi connectivity index (χ4v) is 5.64. The number of aliphatic hydroxyl groups is 1. The number of rotatable bonds is 11. The molecule has 8 nitrogen and oxygen atoms in total. The second kappa shape index (κ2) is 11.3. The summed E-state index contributed by atoms with van der Waals surface area (Å²) in [6.45, 7) is 4.91. The van der Waals surface area contributed by atoms with Gasteiger partial charge in [0.05, 0.1) is 31.2 Å². The standard InChI is InChI=1S/C24H32N4O4S/c1-31-11-10-28(13-18(29)16-32-2)15-21-25-23(30)22-19-8-9-27(12-17-6-4-3-5-7-17)14-20(19)33-24(22)26-21/h3-7,18,29H,8-16H2,1-2H3,(H,25,26,30)/t18-/m1/s1. The maximum Gasteiger partial charge on any atom is 0.259 e. The minimum Gasteiger partial charge on any atom is -0.389 e. The van der Waals surface area contributed by atoms with Gasteiger partial charge in [0.25, 0.3) is 5.56 Å². The highest BCUT2D eigenvalue weighted by atomic mass is 32.1. The van der Waals surface area contributed by atoms with E-state index in [-0.39, 0.29) is 12.2 Å². The summed E-state index contributed by atoms with van der Waals surface area (Å²) in [7, 11) is 3.21. The molecule has 1 aromatic carbocycles. The Morgan fingerprint density at radius 1 is 1.27 bits per heavy atom. The maximum atomic E-state index is 13.0. The summed E-state index contributed by atoms with van der Waals surface area (Å²) in [6.07, 6.45) is 0.238. The topological polar surface area (TPSA) is 90.9 Å². The number of aromatic nitrogens is 2. The molecule has 0 saturated carbocycles. The van der Waals surface area contributed by atoms with Gasteiger partial charge >= 0.3 is 0 Å². The highest BCUT2D eigenvalue weighted by Gasteiger charge is 2.24. The SMILES string of the molecule is COCCN(Cc1nc2sc3c(c2c(=O)[nH]1)CCN(Cc1ccccc1)C3)C[C@@H](O)COC. The number of hydrogen-bond donors (Lipinski definition) is 2. The Kier molecular flexibility index (Phi) is 8.24. The van der Waals surface area contributed by atoms with Crippen molar-refractivity contribution in [1.82, 2.24) is 19.8 Å². The molecule has 1 aliphatic rings. The van der Waals surface area contributed by atoms with Gasteiger partial charge in [0.15, 0.2) is 0 Å². The molecular formula is C24H32N4O4S. The predicted molar refractivity (Wildman–Crippen MR) is 130 cm³/mol. The number of hydrogen-bond acceptors (Lipinski definition) is 8. The number of benzene rings is 1. The highest BCUT2D eigenvalue weighted by molar-refractivity contribution is 7.18. The minimum atomic E-state index is -0.619. The monoisotopic (exact) mass is 472 g/mol. The number of thiophene rings is 1. The molecule has 4 rings (SSSR count). The molecule has 0 bridgehead atoms. The first-order valence-corrected chi connectivity index (χ1v) is 12.1. The molecule has 0 radical (unpaired) electrons. The number of methoxy groups -OCH3 is 2. The second-order valence-corrected chi connectivity index (χ2v) is 9.56. The predicted octanol–water partition coefficient (Wildman–Crippen LogP) is 2.00. The van der Waals surface area contributed by atoms with Gasteiger partial charge in [-0.1, -0.05) is 30.3 Å². The summed E-state index contributed by atoms with van der Waals surface area (Å²) in [5.41, 5.74) is 2.37. The van der Waals surface area contributed by atoms with Crippen molar-refractivity contribution in [2.75, 3.05) is 47.1 Å². The number of ether oxygens (including phenoxy) is 2. The van der Waals surface area contributed by atoms with Gasteiger partial charge in [-0.2, -0.15) is 0 Å². The van der Waals surface area contributed by atoms with E-state index in [2.05, 4.69) is 34.1 Å². The zero-order chi connectivity index (χ0) is 23.2. The Morgan fingerprint density at radius 2 is 2.09 bits per heavy atom. The molecule has 33 heavy (non-hydrogen) atoms. The molecule has 0 aliphatic carbocycles. The largest absolute Gasteiger partial charge is 0.389 e. The van der Waals surface area contributed by atoms with Crippen LogP contribution in [-0.2, 0) is 35.5 Å². The van der Waals surface area contributed by atoms with Crippen LogP contribution in [0.2, 0.25) is 0 Å². The number of H-pyrrole nitrogens is 1. The fourth-order valence-electron chi connectivity index (χ4n) is 4.36. The molecule has 1 atom stereocenters. The molecule has 0 amide bonds. The van der Waals surface area contributed by atoms with Crippen LogP contribution in [0.25, 0.3) is 10.2 Å². The zero-order valence-corrected chi connectivity index (χ0v) is 20.1. The first-order chi connectivity index (χ1) is 16.1. The molecule has 1 aliphatic heterocycles. The Labute approximate surface area is 197 Å². The molecule has 3 aromatic rings. The molecule has 0 fully saturated rings. The first-order valence-electron chi connectivity index (χ1n) is 11.3. The van der Waals surface area contributed by atoms with E-state index < -0.39 is 6.10 Å². The fraction of sp³-hybridized carbons (Fsp3) is 0.500. The van der Waals surface area contributed by atoms with E-state index in [1.54, 1.807) is 25.6 Å². The van der Waals surface area contributed by atoms with Crippen molar-refractivity contribution in [3.63, 3.8) is 0 Å². The average Bonchev–Trinajstić information content (AvgIpc) is 3.16. The lowest BCUT2D eigenvalue weighted by Gasteiger charge is -2.26. The second-order valence-electron chi connectivity index (χ2n) is 8.48. The minimum absolute atomic E-state index is 0.0758. The van der Waals surface area contributed by atoms with E-state index in [1.807, 2.05) is 11.0 Å². The van der Waals surface area contributed by atoms with E-state index in [0.29, 0.717) is 32.1 Å². The maximum absolute atomic E-state index is 13.0. The molecule has 0 saturated heterocycles. The van der Waals surface area contributed by atoms with Crippen molar-refractivity contribution in [3.8, 4) is 0 Å². The van der Waals surface area contributed by atoms with Crippen molar-refractivity contribution in [3.05, 3.63) is 62.5 Å². The van der Waals surface area contributed by atoms with Gasteiger partial charge in [-0.3, -0.25) is 14.6 Å². The van der Waals surface area contributed by atoms with Crippen LogP contribution in [0.15, 0.2) is 35.1 Å². The number of nitrogens with one attached hydrogen (secondary N) is 1. The van der Waals surface area contributed by atoms with E-state index >= 15 is 0 Å². The van der Waals surface area contributed by atoms with Gasteiger partial charge in [0.1, 0.15) is 10.7 Å². The Balaban J connectivity index is 1.52. The lowest BCUT2D eigenvalue weighted by atomic mass is 10.0. The van der Waals surface area contributed by atoms with Gasteiger partial charge in [0.2, 0.25) is 0 Å². The van der Waals surface area contributed by atoms with Crippen LogP contribution in [-0.4, -0.2) is 78.0 Å². The van der Waals surface area contributed by atoms with Crippen molar-refractivity contribution >= 4 is 21.6 Å². The molecule has 178 valence electrons. The Bertz CT molecular complexity index is 1100. The zero-order valence-electron chi connectivity index (χ0n) is 19.2. The molecule has 3 heterocycles.